The zero-order valence-corrected chi connectivity index (χ0v) is 9.62. The van der Waals surface area contributed by atoms with E-state index in [1.165, 1.54) is 0 Å². The Balaban J connectivity index is 2.43. The third kappa shape index (κ3) is 4.36. The van der Waals surface area contributed by atoms with E-state index in [1.807, 2.05) is 12.1 Å². The van der Waals surface area contributed by atoms with Crippen LogP contribution in [0.1, 0.15) is 0 Å². The highest BCUT2D eigenvalue weighted by atomic mass is 35.5. The van der Waals surface area contributed by atoms with Gasteiger partial charge >= 0.3 is 0 Å². The van der Waals surface area contributed by atoms with Crippen molar-refractivity contribution in [3.8, 4) is 5.88 Å². The molecule has 0 bridgehead atoms. The van der Waals surface area contributed by atoms with Gasteiger partial charge in [-0.25, -0.2) is 4.98 Å². The van der Waals surface area contributed by atoms with Gasteiger partial charge in [-0.1, -0.05) is 0 Å². The number of hydrogen-bond acceptors (Lipinski definition) is 4. The van der Waals surface area contributed by atoms with E-state index in [0.29, 0.717) is 19.0 Å². The molecular formula is C10H15ClN2O2. The molecule has 0 saturated carbocycles. The minimum atomic E-state index is -0.0471. The van der Waals surface area contributed by atoms with Crippen molar-refractivity contribution < 1.29 is 9.47 Å². The Morgan fingerprint density at radius 1 is 1.53 bits per heavy atom. The van der Waals surface area contributed by atoms with Crippen molar-refractivity contribution in [3.63, 3.8) is 0 Å². The molecule has 1 rings (SSSR count). The lowest BCUT2D eigenvalue weighted by atomic mass is 10.3. The number of nitrogens with zero attached hydrogens (tertiary/aromatic N) is 1. The maximum absolute atomic E-state index is 5.97. The Labute approximate surface area is 94.6 Å². The molecule has 0 amide bonds. The Hall–Kier alpha value is -1.00. The number of methoxy groups -OCH3 is 2. The fourth-order valence-electron chi connectivity index (χ4n) is 1.10. The molecule has 1 unspecified atom stereocenters. The van der Waals surface area contributed by atoms with Crippen LogP contribution in [-0.2, 0) is 4.74 Å². The maximum Gasteiger partial charge on any atom is 0.214 e. The van der Waals surface area contributed by atoms with Crippen LogP contribution in [0.25, 0.3) is 0 Å². The van der Waals surface area contributed by atoms with Crippen LogP contribution in [-0.4, -0.2) is 37.7 Å². The lowest BCUT2D eigenvalue weighted by molar-refractivity contribution is 0.200. The Morgan fingerprint density at radius 2 is 2.33 bits per heavy atom. The van der Waals surface area contributed by atoms with Crippen molar-refractivity contribution in [2.24, 2.45) is 0 Å². The van der Waals surface area contributed by atoms with Gasteiger partial charge < -0.3 is 14.8 Å². The van der Waals surface area contributed by atoms with Crippen molar-refractivity contribution >= 4 is 17.3 Å². The van der Waals surface area contributed by atoms with Gasteiger partial charge in [0.1, 0.15) is 0 Å². The number of rotatable bonds is 6. The van der Waals surface area contributed by atoms with E-state index in [1.54, 1.807) is 20.4 Å². The average Bonchev–Trinajstić information content (AvgIpc) is 2.27. The summed E-state index contributed by atoms with van der Waals surface area (Å²) in [6.45, 7) is 1.17. The summed E-state index contributed by atoms with van der Waals surface area (Å²) in [6.07, 6.45) is 1.68. The zero-order valence-electron chi connectivity index (χ0n) is 8.87. The second-order valence-corrected chi connectivity index (χ2v) is 3.64. The van der Waals surface area contributed by atoms with Crippen molar-refractivity contribution in [1.29, 1.82) is 0 Å². The van der Waals surface area contributed by atoms with Gasteiger partial charge in [-0.15, -0.1) is 11.6 Å². The average molecular weight is 231 g/mol. The summed E-state index contributed by atoms with van der Waals surface area (Å²) in [4.78, 5) is 4.00. The lowest BCUT2D eigenvalue weighted by Gasteiger charge is -2.11. The molecular weight excluding hydrogens is 216 g/mol. The molecule has 4 nitrogen and oxygen atoms in total. The van der Waals surface area contributed by atoms with Gasteiger partial charge in [0.15, 0.2) is 0 Å². The summed E-state index contributed by atoms with van der Waals surface area (Å²) in [5, 5.41) is 3.12. The summed E-state index contributed by atoms with van der Waals surface area (Å²) < 4.78 is 9.93. The van der Waals surface area contributed by atoms with Crippen LogP contribution in [0.15, 0.2) is 18.3 Å². The second-order valence-electron chi connectivity index (χ2n) is 3.02. The molecule has 0 radical (unpaired) electrons. The second kappa shape index (κ2) is 6.48. The normalized spacial score (nSPS) is 12.2. The van der Waals surface area contributed by atoms with Crippen LogP contribution in [0.4, 0.5) is 5.69 Å². The molecule has 0 fully saturated rings. The highest BCUT2D eigenvalue weighted by Gasteiger charge is 2.03. The third-order valence-electron chi connectivity index (χ3n) is 1.82. The van der Waals surface area contributed by atoms with Gasteiger partial charge in [-0.3, -0.25) is 0 Å². The first kappa shape index (κ1) is 12.1. The van der Waals surface area contributed by atoms with Gasteiger partial charge in [0.05, 0.1) is 19.1 Å². The SMILES string of the molecule is COCC(Cl)CNc1ccnc(OC)c1. The lowest BCUT2D eigenvalue weighted by Crippen LogP contribution is -2.18. The van der Waals surface area contributed by atoms with E-state index in [4.69, 9.17) is 21.1 Å². The summed E-state index contributed by atoms with van der Waals surface area (Å²) >= 11 is 5.97. The minimum absolute atomic E-state index is 0.0471. The largest absolute Gasteiger partial charge is 0.481 e. The zero-order chi connectivity index (χ0) is 11.1. The molecule has 0 aliphatic rings. The van der Waals surface area contributed by atoms with E-state index in [9.17, 15) is 0 Å². The van der Waals surface area contributed by atoms with Crippen LogP contribution in [0.3, 0.4) is 0 Å². The fourth-order valence-corrected chi connectivity index (χ4v) is 1.30. The summed E-state index contributed by atoms with van der Waals surface area (Å²) in [5.74, 6) is 0.581. The highest BCUT2D eigenvalue weighted by molar-refractivity contribution is 6.21. The molecule has 1 N–H and O–H groups in total. The van der Waals surface area contributed by atoms with Crippen molar-refractivity contribution in [2.75, 3.05) is 32.7 Å². The van der Waals surface area contributed by atoms with Crippen LogP contribution in [0, 0.1) is 0 Å². The van der Waals surface area contributed by atoms with Gasteiger partial charge in [0.25, 0.3) is 0 Å². The number of anilines is 1. The molecule has 5 heteroatoms. The standard InChI is InChI=1S/C10H15ClN2O2/c1-14-7-8(11)6-13-9-3-4-12-10(5-9)15-2/h3-5,8H,6-7H2,1-2H3,(H,12,13). The molecule has 0 saturated heterocycles. The third-order valence-corrected chi connectivity index (χ3v) is 2.10. The van der Waals surface area contributed by atoms with Gasteiger partial charge in [-0.2, -0.15) is 0 Å². The molecule has 0 aliphatic carbocycles. The van der Waals surface area contributed by atoms with Crippen LogP contribution >= 0.6 is 11.6 Å². The maximum atomic E-state index is 5.97. The van der Waals surface area contributed by atoms with Crippen LogP contribution in [0.5, 0.6) is 5.88 Å². The number of halogens is 1. The van der Waals surface area contributed by atoms with Gasteiger partial charge in [0.2, 0.25) is 5.88 Å². The molecule has 1 aromatic rings. The summed E-state index contributed by atoms with van der Waals surface area (Å²) in [7, 11) is 3.21. The molecule has 0 aromatic carbocycles. The number of aromatic nitrogens is 1. The van der Waals surface area contributed by atoms with E-state index in [0.717, 1.165) is 5.69 Å². The van der Waals surface area contributed by atoms with Crippen molar-refractivity contribution in [1.82, 2.24) is 4.98 Å². The number of hydrogen-bond donors (Lipinski definition) is 1. The van der Waals surface area contributed by atoms with E-state index in [-0.39, 0.29) is 5.38 Å². The highest BCUT2D eigenvalue weighted by Crippen LogP contribution is 2.13. The first-order valence-corrected chi connectivity index (χ1v) is 5.07. The first-order valence-electron chi connectivity index (χ1n) is 4.63. The first-order chi connectivity index (χ1) is 7.26. The Bertz CT molecular complexity index is 297. The number of alkyl halides is 1. The number of nitrogens with one attached hydrogen (secondary N) is 1. The monoisotopic (exact) mass is 230 g/mol. The summed E-state index contributed by atoms with van der Waals surface area (Å²) in [6, 6.07) is 3.68. The predicted molar refractivity (Wildman–Crippen MR) is 60.8 cm³/mol. The molecule has 1 heterocycles. The van der Waals surface area contributed by atoms with Gasteiger partial charge in [-0.05, 0) is 6.07 Å². The van der Waals surface area contributed by atoms with Crippen LogP contribution in [0.2, 0.25) is 0 Å². The van der Waals surface area contributed by atoms with E-state index >= 15 is 0 Å². The number of pyridine rings is 1. The van der Waals surface area contributed by atoms with E-state index < -0.39 is 0 Å². The van der Waals surface area contributed by atoms with Crippen molar-refractivity contribution in [2.45, 2.75) is 5.38 Å². The molecule has 1 atom stereocenters. The van der Waals surface area contributed by atoms with Gasteiger partial charge in [0, 0.05) is 31.6 Å². The topological polar surface area (TPSA) is 43.4 Å². The number of ether oxygens (including phenoxy) is 2. The summed E-state index contributed by atoms with van der Waals surface area (Å²) in [5.41, 5.74) is 0.934. The Kier molecular flexibility index (Phi) is 5.21. The molecule has 0 aliphatic heterocycles. The Morgan fingerprint density at radius 3 is 3.00 bits per heavy atom. The molecule has 0 spiro atoms. The molecule has 84 valence electrons. The quantitative estimate of drug-likeness (QED) is 0.757. The molecule has 15 heavy (non-hydrogen) atoms. The molecule has 1 aromatic heterocycles. The minimum Gasteiger partial charge on any atom is -0.481 e. The fraction of sp³-hybridized carbons (Fsp3) is 0.500. The van der Waals surface area contributed by atoms with E-state index in [2.05, 4.69) is 10.3 Å². The van der Waals surface area contributed by atoms with Crippen LogP contribution < -0.4 is 10.1 Å². The smallest absolute Gasteiger partial charge is 0.214 e. The predicted octanol–water partition coefficient (Wildman–Crippen LogP) is 1.76. The van der Waals surface area contributed by atoms with Crippen molar-refractivity contribution in [3.05, 3.63) is 18.3 Å².